The van der Waals surface area contributed by atoms with Gasteiger partial charge in [0, 0.05) is 30.6 Å². The van der Waals surface area contributed by atoms with Crippen LogP contribution in [0.15, 0.2) is 83.8 Å². The molecule has 2 N–H and O–H groups in total. The lowest BCUT2D eigenvalue weighted by Gasteiger charge is -2.29. The summed E-state index contributed by atoms with van der Waals surface area (Å²) in [5.41, 5.74) is 2.57. The van der Waals surface area contributed by atoms with Gasteiger partial charge < -0.3 is 10.2 Å². The summed E-state index contributed by atoms with van der Waals surface area (Å²) >= 11 is 6.21. The van der Waals surface area contributed by atoms with Crippen molar-refractivity contribution in [3.63, 3.8) is 0 Å². The third-order valence-electron chi connectivity index (χ3n) is 6.53. The molecule has 38 heavy (non-hydrogen) atoms. The maximum absolute atomic E-state index is 13.4. The first-order chi connectivity index (χ1) is 18.2. The number of nitrogens with one attached hydrogen (secondary N) is 2. The Hall–Kier alpha value is -3.20. The molecule has 0 heterocycles. The fourth-order valence-corrected chi connectivity index (χ4v) is 5.56. The van der Waals surface area contributed by atoms with E-state index in [4.69, 9.17) is 11.6 Å². The van der Waals surface area contributed by atoms with Crippen molar-refractivity contribution in [2.45, 2.75) is 62.7 Å². The van der Waals surface area contributed by atoms with Crippen molar-refractivity contribution >= 4 is 33.4 Å². The van der Waals surface area contributed by atoms with Gasteiger partial charge in [-0.05, 0) is 61.1 Å². The standard InChI is InChI=1S/C29H32ClN3O4S/c1-21(29(35)31-19-24-9-5-6-10-27(24)30)33(20-23-7-3-2-4-8-23)28(34)18-13-22-11-16-26(17-12-22)38(36,37)32-25-14-15-25/h2-12,16-17,21,25,32H,13-15,18-20H2,1H3,(H,31,35)/t21-/m1/s1. The summed E-state index contributed by atoms with van der Waals surface area (Å²) in [6.07, 6.45) is 2.35. The first kappa shape index (κ1) is 27.8. The molecule has 0 aliphatic heterocycles. The van der Waals surface area contributed by atoms with Crippen LogP contribution in [0.25, 0.3) is 0 Å². The normalized spacial score (nSPS) is 14.1. The van der Waals surface area contributed by atoms with Gasteiger partial charge in [0.15, 0.2) is 0 Å². The largest absolute Gasteiger partial charge is 0.350 e. The van der Waals surface area contributed by atoms with E-state index in [1.54, 1.807) is 42.2 Å². The van der Waals surface area contributed by atoms with Gasteiger partial charge in [-0.25, -0.2) is 13.1 Å². The smallest absolute Gasteiger partial charge is 0.242 e. The van der Waals surface area contributed by atoms with Crippen molar-refractivity contribution < 1.29 is 18.0 Å². The molecule has 1 saturated carbocycles. The highest BCUT2D eigenvalue weighted by Gasteiger charge is 2.28. The molecular weight excluding hydrogens is 522 g/mol. The highest BCUT2D eigenvalue weighted by Crippen LogP contribution is 2.22. The maximum Gasteiger partial charge on any atom is 0.242 e. The van der Waals surface area contributed by atoms with Gasteiger partial charge in [-0.15, -0.1) is 0 Å². The Kier molecular flexibility index (Phi) is 9.20. The molecular formula is C29H32ClN3O4S. The van der Waals surface area contributed by atoms with Crippen molar-refractivity contribution in [1.82, 2.24) is 14.9 Å². The fraction of sp³-hybridized carbons (Fsp3) is 0.310. The Morgan fingerprint density at radius 1 is 0.947 bits per heavy atom. The molecule has 0 bridgehead atoms. The average molecular weight is 554 g/mol. The van der Waals surface area contributed by atoms with E-state index in [1.807, 2.05) is 48.5 Å². The van der Waals surface area contributed by atoms with Gasteiger partial charge in [0.05, 0.1) is 4.90 Å². The highest BCUT2D eigenvalue weighted by molar-refractivity contribution is 7.89. The molecule has 2 amide bonds. The van der Waals surface area contributed by atoms with Gasteiger partial charge in [-0.1, -0.05) is 72.3 Å². The average Bonchev–Trinajstić information content (AvgIpc) is 3.73. The molecule has 0 unspecified atom stereocenters. The Labute approximate surface area is 229 Å². The molecule has 0 radical (unpaired) electrons. The van der Waals surface area contributed by atoms with Crippen LogP contribution in [-0.4, -0.2) is 37.2 Å². The lowest BCUT2D eigenvalue weighted by molar-refractivity contribution is -0.140. The Bertz CT molecular complexity index is 1360. The zero-order valence-corrected chi connectivity index (χ0v) is 22.8. The number of hydrogen-bond donors (Lipinski definition) is 2. The summed E-state index contributed by atoms with van der Waals surface area (Å²) in [6.45, 7) is 2.28. The lowest BCUT2D eigenvalue weighted by atomic mass is 10.1. The van der Waals surface area contributed by atoms with Gasteiger partial charge in [0.1, 0.15) is 6.04 Å². The minimum Gasteiger partial charge on any atom is -0.350 e. The van der Waals surface area contributed by atoms with E-state index in [0.717, 1.165) is 29.5 Å². The molecule has 9 heteroatoms. The molecule has 3 aromatic rings. The van der Waals surface area contributed by atoms with Crippen LogP contribution in [-0.2, 0) is 39.1 Å². The zero-order chi connectivity index (χ0) is 27.1. The van der Waals surface area contributed by atoms with Gasteiger partial charge in [0.25, 0.3) is 0 Å². The van der Waals surface area contributed by atoms with E-state index in [0.29, 0.717) is 18.0 Å². The number of carbonyl (C=O) groups is 2. The molecule has 200 valence electrons. The molecule has 1 aliphatic carbocycles. The van der Waals surface area contributed by atoms with Crippen LogP contribution in [0, 0.1) is 0 Å². The quantitative estimate of drug-likeness (QED) is 0.346. The first-order valence-corrected chi connectivity index (χ1v) is 14.5. The zero-order valence-electron chi connectivity index (χ0n) is 21.3. The number of carbonyl (C=O) groups excluding carboxylic acids is 2. The summed E-state index contributed by atoms with van der Waals surface area (Å²) in [5, 5.41) is 3.46. The van der Waals surface area contributed by atoms with Crippen molar-refractivity contribution in [2.75, 3.05) is 0 Å². The highest BCUT2D eigenvalue weighted by atomic mass is 35.5. The van der Waals surface area contributed by atoms with Crippen LogP contribution in [0.2, 0.25) is 5.02 Å². The Morgan fingerprint density at radius 2 is 1.61 bits per heavy atom. The van der Waals surface area contributed by atoms with Crippen LogP contribution in [0.4, 0.5) is 0 Å². The predicted molar refractivity (Wildman–Crippen MR) is 148 cm³/mol. The van der Waals surface area contributed by atoms with Gasteiger partial charge in [-0.2, -0.15) is 0 Å². The molecule has 1 aliphatic rings. The van der Waals surface area contributed by atoms with E-state index < -0.39 is 16.1 Å². The SMILES string of the molecule is C[C@H](C(=O)NCc1ccccc1Cl)N(Cc1ccccc1)C(=O)CCc1ccc(S(=O)(=O)NC2CC2)cc1. The maximum atomic E-state index is 13.4. The van der Waals surface area contributed by atoms with Crippen LogP contribution in [0.3, 0.4) is 0 Å². The Morgan fingerprint density at radius 3 is 2.26 bits per heavy atom. The van der Waals surface area contributed by atoms with Crippen molar-refractivity contribution in [1.29, 1.82) is 0 Å². The van der Waals surface area contributed by atoms with Gasteiger partial charge in [0.2, 0.25) is 21.8 Å². The second-order valence-electron chi connectivity index (χ2n) is 9.53. The molecule has 0 spiro atoms. The molecule has 0 aromatic heterocycles. The minimum absolute atomic E-state index is 0.0387. The number of amides is 2. The van der Waals surface area contributed by atoms with Gasteiger partial charge in [-0.3, -0.25) is 9.59 Å². The predicted octanol–water partition coefficient (Wildman–Crippen LogP) is 4.45. The third kappa shape index (κ3) is 7.66. The van der Waals surface area contributed by atoms with Gasteiger partial charge >= 0.3 is 0 Å². The van der Waals surface area contributed by atoms with E-state index in [1.165, 1.54) is 0 Å². The molecule has 3 aromatic carbocycles. The molecule has 1 atom stereocenters. The molecule has 1 fully saturated rings. The molecule has 7 nitrogen and oxygen atoms in total. The number of halogens is 1. The van der Waals surface area contributed by atoms with Crippen LogP contribution < -0.4 is 10.0 Å². The number of rotatable bonds is 12. The first-order valence-electron chi connectivity index (χ1n) is 12.7. The van der Waals surface area contributed by atoms with E-state index in [2.05, 4.69) is 10.0 Å². The summed E-state index contributed by atoms with van der Waals surface area (Å²) in [4.78, 5) is 28.2. The Balaban J connectivity index is 1.40. The molecule has 0 saturated heterocycles. The third-order valence-corrected chi connectivity index (χ3v) is 8.44. The number of hydrogen-bond acceptors (Lipinski definition) is 4. The molecule has 4 rings (SSSR count). The summed E-state index contributed by atoms with van der Waals surface area (Å²) in [7, 11) is -3.52. The number of benzene rings is 3. The summed E-state index contributed by atoms with van der Waals surface area (Å²) in [6, 6.07) is 22.8. The van der Waals surface area contributed by atoms with Crippen molar-refractivity contribution in [2.24, 2.45) is 0 Å². The van der Waals surface area contributed by atoms with E-state index in [-0.39, 0.29) is 35.7 Å². The number of nitrogens with zero attached hydrogens (tertiary/aromatic N) is 1. The topological polar surface area (TPSA) is 95.6 Å². The summed E-state index contributed by atoms with van der Waals surface area (Å²) in [5.74, 6) is -0.437. The number of sulfonamides is 1. The minimum atomic E-state index is -3.52. The van der Waals surface area contributed by atoms with Crippen molar-refractivity contribution in [3.8, 4) is 0 Å². The van der Waals surface area contributed by atoms with E-state index >= 15 is 0 Å². The second-order valence-corrected chi connectivity index (χ2v) is 11.7. The summed E-state index contributed by atoms with van der Waals surface area (Å²) < 4.78 is 27.5. The second kappa shape index (κ2) is 12.6. The monoisotopic (exact) mass is 553 g/mol. The van der Waals surface area contributed by atoms with Crippen LogP contribution >= 0.6 is 11.6 Å². The van der Waals surface area contributed by atoms with Crippen LogP contribution in [0.1, 0.15) is 42.9 Å². The lowest BCUT2D eigenvalue weighted by Crippen LogP contribution is -2.47. The number of aryl methyl sites for hydroxylation is 1. The van der Waals surface area contributed by atoms with E-state index in [9.17, 15) is 18.0 Å². The fourth-order valence-electron chi connectivity index (χ4n) is 4.05. The van der Waals surface area contributed by atoms with Crippen molar-refractivity contribution in [3.05, 3.63) is 101 Å². The van der Waals surface area contributed by atoms with Crippen LogP contribution in [0.5, 0.6) is 0 Å².